The second kappa shape index (κ2) is 4.25. The summed E-state index contributed by atoms with van der Waals surface area (Å²) < 4.78 is 44.3. The van der Waals surface area contributed by atoms with Gasteiger partial charge in [-0.15, -0.1) is 18.3 Å². The third-order valence-electron chi connectivity index (χ3n) is 1.74. The van der Waals surface area contributed by atoms with E-state index in [1.165, 1.54) is 12.1 Å². The van der Waals surface area contributed by atoms with E-state index in [0.717, 1.165) is 12.1 Å². The van der Waals surface area contributed by atoms with Gasteiger partial charge in [-0.05, 0) is 35.9 Å². The van der Waals surface area contributed by atoms with E-state index in [1.807, 2.05) is 0 Å². The van der Waals surface area contributed by atoms with E-state index >= 15 is 0 Å². The third-order valence-corrected chi connectivity index (χ3v) is 1.89. The predicted molar refractivity (Wildman–Crippen MR) is 51.4 cm³/mol. The van der Waals surface area contributed by atoms with Crippen LogP contribution in [0.2, 0.25) is 5.35 Å². The summed E-state index contributed by atoms with van der Waals surface area (Å²) in [7, 11) is 0. The van der Waals surface area contributed by atoms with Crippen molar-refractivity contribution in [3.8, 4) is 17.2 Å². The van der Waals surface area contributed by atoms with E-state index in [1.54, 1.807) is 0 Å². The molecule has 1 aromatic carbocycles. The third kappa shape index (κ3) is 3.10. The van der Waals surface area contributed by atoms with Crippen LogP contribution in [-0.4, -0.2) is 16.6 Å². The van der Waals surface area contributed by atoms with Gasteiger partial charge < -0.3 is 9.15 Å². The molecule has 0 radical (unpaired) electrons. The Balaban J connectivity index is 2.19. The highest BCUT2D eigenvalue weighted by Gasteiger charge is 2.31. The molecule has 2 rings (SSSR count). The quantitative estimate of drug-likeness (QED) is 0.835. The molecule has 90 valence electrons. The molecule has 0 aliphatic heterocycles. The molecule has 0 N–H and O–H groups in total. The van der Waals surface area contributed by atoms with E-state index in [-0.39, 0.29) is 17.0 Å². The van der Waals surface area contributed by atoms with Gasteiger partial charge in [-0.3, -0.25) is 0 Å². The highest BCUT2D eigenvalue weighted by atomic mass is 35.5. The average molecular weight is 265 g/mol. The van der Waals surface area contributed by atoms with Crippen molar-refractivity contribution in [3.63, 3.8) is 0 Å². The van der Waals surface area contributed by atoms with Crippen molar-refractivity contribution in [2.24, 2.45) is 0 Å². The number of nitrogens with zero attached hydrogens (tertiary/aromatic N) is 2. The smallest absolute Gasteiger partial charge is 0.407 e. The Morgan fingerprint density at radius 3 is 2.24 bits per heavy atom. The maximum absolute atomic E-state index is 11.9. The number of hydrogen-bond donors (Lipinski definition) is 0. The van der Waals surface area contributed by atoms with Gasteiger partial charge in [0.15, 0.2) is 0 Å². The van der Waals surface area contributed by atoms with Crippen LogP contribution in [0.25, 0.3) is 11.5 Å². The largest absolute Gasteiger partial charge is 0.573 e. The lowest BCUT2D eigenvalue weighted by atomic mass is 10.2. The fraction of sp³-hybridized carbons (Fsp3) is 0.111. The Hall–Kier alpha value is -1.76. The monoisotopic (exact) mass is 264 g/mol. The Kier molecular flexibility index (Phi) is 2.93. The van der Waals surface area contributed by atoms with Crippen LogP contribution in [0.4, 0.5) is 13.2 Å². The van der Waals surface area contributed by atoms with Gasteiger partial charge in [0, 0.05) is 5.56 Å². The van der Waals surface area contributed by atoms with Crippen molar-refractivity contribution in [1.29, 1.82) is 0 Å². The lowest BCUT2D eigenvalue weighted by Gasteiger charge is -2.08. The zero-order chi connectivity index (χ0) is 12.5. The van der Waals surface area contributed by atoms with Crippen molar-refractivity contribution < 1.29 is 22.3 Å². The first-order chi connectivity index (χ1) is 7.94. The summed E-state index contributed by atoms with van der Waals surface area (Å²) >= 11 is 5.41. The lowest BCUT2D eigenvalue weighted by Crippen LogP contribution is -2.16. The predicted octanol–water partition coefficient (Wildman–Crippen LogP) is 3.29. The van der Waals surface area contributed by atoms with Crippen molar-refractivity contribution in [2.75, 3.05) is 0 Å². The first-order valence-corrected chi connectivity index (χ1v) is 4.67. The molecule has 4 nitrogen and oxygen atoms in total. The number of halogens is 4. The van der Waals surface area contributed by atoms with Gasteiger partial charge in [-0.2, -0.15) is 0 Å². The molecule has 1 aromatic heterocycles. The number of alkyl halides is 3. The van der Waals surface area contributed by atoms with E-state index < -0.39 is 6.36 Å². The summed E-state index contributed by atoms with van der Waals surface area (Å²) in [6.45, 7) is 0. The molecule has 0 saturated carbocycles. The molecule has 0 bridgehead atoms. The molecule has 0 aliphatic rings. The zero-order valence-corrected chi connectivity index (χ0v) is 8.79. The van der Waals surface area contributed by atoms with E-state index in [2.05, 4.69) is 14.9 Å². The molecule has 1 heterocycles. The Morgan fingerprint density at radius 1 is 1.12 bits per heavy atom. The van der Waals surface area contributed by atoms with Crippen LogP contribution in [0.15, 0.2) is 28.7 Å². The Morgan fingerprint density at radius 2 is 1.76 bits per heavy atom. The number of aromatic nitrogens is 2. The molecule has 0 unspecified atom stereocenters. The summed E-state index contributed by atoms with van der Waals surface area (Å²) in [4.78, 5) is 0. The first-order valence-electron chi connectivity index (χ1n) is 4.29. The number of benzene rings is 1. The average Bonchev–Trinajstić information content (AvgIpc) is 2.63. The van der Waals surface area contributed by atoms with E-state index in [0.29, 0.717) is 5.56 Å². The van der Waals surface area contributed by atoms with Gasteiger partial charge in [-0.25, -0.2) is 0 Å². The fourth-order valence-corrected chi connectivity index (χ4v) is 1.23. The standard InChI is InChI=1S/C9H4ClF3N2O2/c10-8-15-14-7(16-8)5-1-3-6(4-2-5)17-9(11,12)13/h1-4H. The molecule has 0 saturated heterocycles. The van der Waals surface area contributed by atoms with E-state index in [4.69, 9.17) is 16.0 Å². The minimum atomic E-state index is -4.71. The van der Waals surface area contributed by atoms with Crippen LogP contribution in [0.3, 0.4) is 0 Å². The number of ether oxygens (including phenoxy) is 1. The summed E-state index contributed by atoms with van der Waals surface area (Å²) in [5, 5.41) is 6.85. The minimum Gasteiger partial charge on any atom is -0.407 e. The zero-order valence-electron chi connectivity index (χ0n) is 8.03. The topological polar surface area (TPSA) is 48.2 Å². The lowest BCUT2D eigenvalue weighted by molar-refractivity contribution is -0.274. The summed E-state index contributed by atoms with van der Waals surface area (Å²) in [6, 6.07) is 4.98. The number of rotatable bonds is 2. The Bertz CT molecular complexity index is 510. The van der Waals surface area contributed by atoms with Crippen LogP contribution in [0.1, 0.15) is 0 Å². The molecule has 8 heteroatoms. The highest BCUT2D eigenvalue weighted by molar-refractivity contribution is 6.27. The molecule has 0 fully saturated rings. The molecule has 0 spiro atoms. The van der Waals surface area contributed by atoms with Crippen LogP contribution in [-0.2, 0) is 0 Å². The number of hydrogen-bond acceptors (Lipinski definition) is 4. The highest BCUT2D eigenvalue weighted by Crippen LogP contribution is 2.26. The van der Waals surface area contributed by atoms with Gasteiger partial charge in [0.25, 0.3) is 0 Å². The van der Waals surface area contributed by atoms with Crippen molar-refractivity contribution in [3.05, 3.63) is 29.6 Å². The molecule has 0 amide bonds. The second-order valence-electron chi connectivity index (χ2n) is 2.93. The maximum Gasteiger partial charge on any atom is 0.573 e. The van der Waals surface area contributed by atoms with Crippen molar-refractivity contribution in [1.82, 2.24) is 10.2 Å². The van der Waals surface area contributed by atoms with Gasteiger partial charge in [0.2, 0.25) is 5.89 Å². The SMILES string of the molecule is FC(F)(F)Oc1ccc(-c2nnc(Cl)o2)cc1. The van der Waals surface area contributed by atoms with Gasteiger partial charge in [0.1, 0.15) is 5.75 Å². The normalized spacial score (nSPS) is 11.5. The molecular formula is C9H4ClF3N2O2. The molecule has 2 aromatic rings. The molecular weight excluding hydrogens is 261 g/mol. The Labute approximate surface area is 98.0 Å². The maximum atomic E-state index is 11.9. The van der Waals surface area contributed by atoms with Crippen LogP contribution < -0.4 is 4.74 Å². The van der Waals surface area contributed by atoms with Crippen LogP contribution in [0, 0.1) is 0 Å². The summed E-state index contributed by atoms with van der Waals surface area (Å²) in [5.74, 6) is -0.208. The van der Waals surface area contributed by atoms with Gasteiger partial charge in [-0.1, -0.05) is 5.10 Å². The molecule has 0 aliphatic carbocycles. The van der Waals surface area contributed by atoms with Crippen LogP contribution in [0.5, 0.6) is 5.75 Å². The summed E-state index contributed by atoms with van der Waals surface area (Å²) in [5.41, 5.74) is 0.443. The molecule has 0 atom stereocenters. The van der Waals surface area contributed by atoms with Crippen molar-refractivity contribution in [2.45, 2.75) is 6.36 Å². The molecule has 17 heavy (non-hydrogen) atoms. The van der Waals surface area contributed by atoms with Crippen LogP contribution >= 0.6 is 11.6 Å². The fourth-order valence-electron chi connectivity index (χ4n) is 1.12. The van der Waals surface area contributed by atoms with Crippen molar-refractivity contribution >= 4 is 11.6 Å². The first kappa shape index (κ1) is 11.7. The summed E-state index contributed by atoms with van der Waals surface area (Å²) in [6.07, 6.45) is -4.71. The second-order valence-corrected chi connectivity index (χ2v) is 3.26. The minimum absolute atomic E-state index is 0.119. The van der Waals surface area contributed by atoms with E-state index in [9.17, 15) is 13.2 Å². The van der Waals surface area contributed by atoms with Gasteiger partial charge >= 0.3 is 11.7 Å². The van der Waals surface area contributed by atoms with Gasteiger partial charge in [0.05, 0.1) is 0 Å².